The Bertz CT molecular complexity index is 451. The predicted molar refractivity (Wildman–Crippen MR) is 50.6 cm³/mol. The summed E-state index contributed by atoms with van der Waals surface area (Å²) in [6.07, 6.45) is 2.53. The minimum atomic E-state index is -0.134. The highest BCUT2D eigenvalue weighted by atomic mass is 16.1. The molecule has 0 radical (unpaired) electrons. The van der Waals surface area contributed by atoms with E-state index in [0.29, 0.717) is 6.41 Å². The number of carbonyl (C=O) groups is 1. The van der Waals surface area contributed by atoms with Crippen LogP contribution in [0.2, 0.25) is 0 Å². The van der Waals surface area contributed by atoms with Gasteiger partial charge in [0.05, 0.1) is 6.04 Å². The Labute approximate surface area is 80.8 Å². The van der Waals surface area contributed by atoms with Crippen LogP contribution in [0.1, 0.15) is 18.8 Å². The molecule has 1 N–H and O–H groups in total. The van der Waals surface area contributed by atoms with Crippen LogP contribution in [-0.2, 0) is 4.79 Å². The highest BCUT2D eigenvalue weighted by molar-refractivity contribution is 5.47. The van der Waals surface area contributed by atoms with Crippen LogP contribution in [0.25, 0.3) is 5.65 Å². The Morgan fingerprint density at radius 2 is 2.36 bits per heavy atom. The van der Waals surface area contributed by atoms with Gasteiger partial charge in [-0.15, -0.1) is 10.2 Å². The summed E-state index contributed by atoms with van der Waals surface area (Å²) in [4.78, 5) is 10.3. The fourth-order valence-corrected chi connectivity index (χ4v) is 1.33. The molecule has 0 aliphatic carbocycles. The lowest BCUT2D eigenvalue weighted by Crippen LogP contribution is -2.18. The first-order valence-corrected chi connectivity index (χ1v) is 4.32. The average molecular weight is 190 g/mol. The Morgan fingerprint density at radius 1 is 1.50 bits per heavy atom. The first-order valence-electron chi connectivity index (χ1n) is 4.32. The summed E-state index contributed by atoms with van der Waals surface area (Å²) >= 11 is 0. The van der Waals surface area contributed by atoms with Crippen LogP contribution >= 0.6 is 0 Å². The van der Waals surface area contributed by atoms with Crippen molar-refractivity contribution in [2.45, 2.75) is 13.0 Å². The quantitative estimate of drug-likeness (QED) is 0.718. The number of nitrogens with one attached hydrogen (secondary N) is 1. The maximum atomic E-state index is 10.3. The molecule has 0 saturated carbocycles. The number of hydrogen-bond acceptors (Lipinski definition) is 3. The lowest BCUT2D eigenvalue weighted by Gasteiger charge is -2.06. The van der Waals surface area contributed by atoms with Crippen molar-refractivity contribution in [1.29, 1.82) is 0 Å². The van der Waals surface area contributed by atoms with Gasteiger partial charge in [0, 0.05) is 6.20 Å². The lowest BCUT2D eigenvalue weighted by atomic mass is 10.3. The van der Waals surface area contributed by atoms with E-state index in [1.54, 1.807) is 0 Å². The maximum absolute atomic E-state index is 10.3. The first kappa shape index (κ1) is 8.68. The van der Waals surface area contributed by atoms with Crippen LogP contribution in [0.4, 0.5) is 0 Å². The van der Waals surface area contributed by atoms with Gasteiger partial charge < -0.3 is 5.32 Å². The molecule has 0 aromatic carbocycles. The van der Waals surface area contributed by atoms with E-state index in [2.05, 4.69) is 15.5 Å². The van der Waals surface area contributed by atoms with Gasteiger partial charge in [-0.2, -0.15) is 0 Å². The second kappa shape index (κ2) is 3.45. The van der Waals surface area contributed by atoms with Crippen LogP contribution in [-0.4, -0.2) is 21.0 Å². The minimum Gasteiger partial charge on any atom is -0.349 e. The molecule has 0 saturated heterocycles. The van der Waals surface area contributed by atoms with Gasteiger partial charge in [0.25, 0.3) is 0 Å². The average Bonchev–Trinajstić information content (AvgIpc) is 2.61. The van der Waals surface area contributed by atoms with Crippen molar-refractivity contribution in [3.8, 4) is 0 Å². The molecule has 0 spiro atoms. The number of aromatic nitrogens is 3. The highest BCUT2D eigenvalue weighted by Gasteiger charge is 2.11. The van der Waals surface area contributed by atoms with Crippen LogP contribution < -0.4 is 5.32 Å². The third-order valence-electron chi connectivity index (χ3n) is 2.05. The Hall–Kier alpha value is -1.91. The summed E-state index contributed by atoms with van der Waals surface area (Å²) < 4.78 is 1.85. The number of carbonyl (C=O) groups excluding carboxylic acids is 1. The van der Waals surface area contributed by atoms with Gasteiger partial charge in [-0.05, 0) is 19.1 Å². The summed E-state index contributed by atoms with van der Waals surface area (Å²) in [6, 6.07) is 5.52. The smallest absolute Gasteiger partial charge is 0.207 e. The standard InChI is InChI=1S/C9H10N4O/c1-7(10-6-14)9-12-11-8-4-2-3-5-13(8)9/h2-7H,1H3,(H,10,14). The van der Waals surface area contributed by atoms with Gasteiger partial charge in [-0.25, -0.2) is 0 Å². The molecule has 1 amide bonds. The summed E-state index contributed by atoms with van der Waals surface area (Å²) in [5.74, 6) is 0.729. The minimum absolute atomic E-state index is 0.134. The van der Waals surface area contributed by atoms with Crippen molar-refractivity contribution in [2.75, 3.05) is 0 Å². The molecular formula is C9H10N4O. The number of hydrogen-bond donors (Lipinski definition) is 1. The summed E-state index contributed by atoms with van der Waals surface area (Å²) in [5, 5.41) is 10.6. The van der Waals surface area contributed by atoms with Gasteiger partial charge in [-0.1, -0.05) is 6.07 Å². The Morgan fingerprint density at radius 3 is 3.14 bits per heavy atom. The zero-order chi connectivity index (χ0) is 9.97. The molecule has 1 atom stereocenters. The lowest BCUT2D eigenvalue weighted by molar-refractivity contribution is -0.110. The second-order valence-electron chi connectivity index (χ2n) is 2.99. The van der Waals surface area contributed by atoms with E-state index in [0.717, 1.165) is 11.5 Å². The third kappa shape index (κ3) is 1.32. The summed E-state index contributed by atoms with van der Waals surface area (Å²) in [5.41, 5.74) is 0.780. The van der Waals surface area contributed by atoms with Crippen molar-refractivity contribution in [3.63, 3.8) is 0 Å². The van der Waals surface area contributed by atoms with Crippen LogP contribution in [0.5, 0.6) is 0 Å². The monoisotopic (exact) mass is 190 g/mol. The molecule has 1 unspecified atom stereocenters. The molecule has 2 aromatic rings. The molecule has 5 heteroatoms. The molecule has 0 bridgehead atoms. The van der Waals surface area contributed by atoms with E-state index in [1.165, 1.54) is 0 Å². The zero-order valence-electron chi connectivity index (χ0n) is 7.71. The predicted octanol–water partition coefficient (Wildman–Crippen LogP) is 0.536. The maximum Gasteiger partial charge on any atom is 0.207 e. The second-order valence-corrected chi connectivity index (χ2v) is 2.99. The van der Waals surface area contributed by atoms with E-state index in [1.807, 2.05) is 35.7 Å². The van der Waals surface area contributed by atoms with E-state index in [9.17, 15) is 4.79 Å². The SMILES string of the molecule is CC(NC=O)c1nnc2ccccn12. The van der Waals surface area contributed by atoms with Crippen molar-refractivity contribution in [1.82, 2.24) is 19.9 Å². The largest absolute Gasteiger partial charge is 0.349 e. The molecule has 14 heavy (non-hydrogen) atoms. The van der Waals surface area contributed by atoms with Gasteiger partial charge in [0.2, 0.25) is 6.41 Å². The molecule has 0 aliphatic rings. The number of nitrogens with zero attached hydrogens (tertiary/aromatic N) is 3. The van der Waals surface area contributed by atoms with Gasteiger partial charge in [0.15, 0.2) is 11.5 Å². The van der Waals surface area contributed by atoms with Crippen molar-refractivity contribution < 1.29 is 4.79 Å². The van der Waals surface area contributed by atoms with Crippen molar-refractivity contribution in [3.05, 3.63) is 30.2 Å². The van der Waals surface area contributed by atoms with Crippen molar-refractivity contribution in [2.24, 2.45) is 0 Å². The van der Waals surface area contributed by atoms with Crippen LogP contribution in [0.3, 0.4) is 0 Å². The van der Waals surface area contributed by atoms with Gasteiger partial charge in [-0.3, -0.25) is 9.20 Å². The number of fused-ring (bicyclic) bond motifs is 1. The summed E-state index contributed by atoms with van der Waals surface area (Å²) in [7, 11) is 0. The summed E-state index contributed by atoms with van der Waals surface area (Å²) in [6.45, 7) is 1.86. The van der Waals surface area contributed by atoms with Gasteiger partial charge in [0.1, 0.15) is 0 Å². The molecule has 0 fully saturated rings. The normalized spacial score (nSPS) is 12.6. The van der Waals surface area contributed by atoms with E-state index < -0.39 is 0 Å². The number of amides is 1. The Balaban J connectivity index is 2.47. The molecule has 2 aromatic heterocycles. The molecule has 0 aliphatic heterocycles. The van der Waals surface area contributed by atoms with Gasteiger partial charge >= 0.3 is 0 Å². The van der Waals surface area contributed by atoms with Crippen LogP contribution in [0, 0.1) is 0 Å². The Kier molecular flexibility index (Phi) is 2.14. The molecule has 72 valence electrons. The molecule has 2 rings (SSSR count). The highest BCUT2D eigenvalue weighted by Crippen LogP contribution is 2.10. The third-order valence-corrected chi connectivity index (χ3v) is 2.05. The number of rotatable bonds is 3. The topological polar surface area (TPSA) is 59.3 Å². The fourth-order valence-electron chi connectivity index (χ4n) is 1.33. The van der Waals surface area contributed by atoms with Crippen LogP contribution in [0.15, 0.2) is 24.4 Å². The van der Waals surface area contributed by atoms with Crippen molar-refractivity contribution >= 4 is 12.1 Å². The molecular weight excluding hydrogens is 180 g/mol. The van der Waals surface area contributed by atoms with E-state index in [4.69, 9.17) is 0 Å². The molecule has 5 nitrogen and oxygen atoms in total. The zero-order valence-corrected chi connectivity index (χ0v) is 7.71. The van der Waals surface area contributed by atoms with E-state index in [-0.39, 0.29) is 6.04 Å². The fraction of sp³-hybridized carbons (Fsp3) is 0.222. The van der Waals surface area contributed by atoms with E-state index >= 15 is 0 Å². The molecule has 2 heterocycles. The number of pyridine rings is 1. The first-order chi connectivity index (χ1) is 6.83.